The second-order valence-corrected chi connectivity index (χ2v) is 6.69. The molecule has 0 aliphatic rings. The molecule has 25 heavy (non-hydrogen) atoms. The first kappa shape index (κ1) is 15.6. The number of carbonyl (C=O) groups excluding carboxylic acids is 1. The number of hydrogen-bond acceptors (Lipinski definition) is 4. The highest BCUT2D eigenvalue weighted by atomic mass is 32.1. The molecule has 0 spiro atoms. The molecule has 126 valence electrons. The van der Waals surface area contributed by atoms with Gasteiger partial charge < -0.3 is 15.7 Å². The molecule has 2 aromatic carbocycles. The van der Waals surface area contributed by atoms with Crippen molar-refractivity contribution in [2.75, 3.05) is 18.5 Å². The highest BCUT2D eigenvalue weighted by Gasteiger charge is 2.12. The third kappa shape index (κ3) is 3.07. The number of hydrogen-bond donors (Lipinski definition) is 4. The van der Waals surface area contributed by atoms with E-state index in [-0.39, 0.29) is 19.2 Å². The van der Waals surface area contributed by atoms with Gasteiger partial charge in [0, 0.05) is 32.8 Å². The van der Waals surface area contributed by atoms with E-state index in [2.05, 4.69) is 39.0 Å². The van der Waals surface area contributed by atoms with E-state index in [1.54, 1.807) is 17.5 Å². The average molecular weight is 352 g/mol. The maximum Gasteiger partial charge on any atom is 0.319 e. The van der Waals surface area contributed by atoms with E-state index in [0.717, 1.165) is 21.3 Å². The smallest absolute Gasteiger partial charge is 0.319 e. The molecule has 0 atom stereocenters. The lowest BCUT2D eigenvalue weighted by molar-refractivity contribution is 0.245. The van der Waals surface area contributed by atoms with Crippen molar-refractivity contribution < 1.29 is 9.90 Å². The van der Waals surface area contributed by atoms with Crippen LogP contribution in [0, 0.1) is 0 Å². The molecule has 4 N–H and O–H groups in total. The Morgan fingerprint density at radius 2 is 2.08 bits per heavy atom. The quantitative estimate of drug-likeness (QED) is 0.453. The van der Waals surface area contributed by atoms with E-state index < -0.39 is 0 Å². The third-order valence-corrected chi connectivity index (χ3v) is 5.04. The second-order valence-electron chi connectivity index (χ2n) is 5.61. The summed E-state index contributed by atoms with van der Waals surface area (Å²) in [7, 11) is 0. The summed E-state index contributed by atoms with van der Waals surface area (Å²) in [5, 5.41) is 23.5. The molecule has 7 heteroatoms. The Balaban J connectivity index is 1.76. The lowest BCUT2D eigenvalue weighted by Gasteiger charge is -2.09. The number of nitrogens with zero attached hydrogens (tertiary/aromatic N) is 1. The van der Waals surface area contributed by atoms with Crippen LogP contribution < -0.4 is 10.6 Å². The Hall–Kier alpha value is -2.90. The van der Waals surface area contributed by atoms with Crippen molar-refractivity contribution in [2.24, 2.45) is 0 Å². The van der Waals surface area contributed by atoms with Gasteiger partial charge in [0.1, 0.15) is 0 Å². The van der Waals surface area contributed by atoms with E-state index >= 15 is 0 Å². The number of aromatic amines is 1. The molecule has 0 aliphatic carbocycles. The predicted molar refractivity (Wildman–Crippen MR) is 101 cm³/mol. The molecule has 0 aliphatic heterocycles. The summed E-state index contributed by atoms with van der Waals surface area (Å²) in [5.74, 6) is 0. The minimum absolute atomic E-state index is 0.0960. The highest BCUT2D eigenvalue weighted by molar-refractivity contribution is 7.22. The number of thiophene rings is 1. The second kappa shape index (κ2) is 6.54. The fourth-order valence-corrected chi connectivity index (χ4v) is 3.87. The Kier molecular flexibility index (Phi) is 4.09. The van der Waals surface area contributed by atoms with Gasteiger partial charge in [0.05, 0.1) is 18.3 Å². The monoisotopic (exact) mass is 352 g/mol. The molecule has 6 nitrogen and oxygen atoms in total. The van der Waals surface area contributed by atoms with Crippen molar-refractivity contribution in [1.82, 2.24) is 15.5 Å². The van der Waals surface area contributed by atoms with E-state index in [1.807, 2.05) is 24.3 Å². The van der Waals surface area contributed by atoms with Crippen molar-refractivity contribution in [2.45, 2.75) is 0 Å². The first-order valence-electron chi connectivity index (χ1n) is 7.86. The molecule has 4 aromatic rings. The molecule has 0 saturated heterocycles. The van der Waals surface area contributed by atoms with Crippen molar-refractivity contribution in [3.63, 3.8) is 0 Å². The van der Waals surface area contributed by atoms with Crippen LogP contribution in [-0.2, 0) is 0 Å². The predicted octanol–water partition coefficient (Wildman–Crippen LogP) is 3.56. The number of anilines is 1. The number of benzene rings is 2. The van der Waals surface area contributed by atoms with Crippen molar-refractivity contribution >= 4 is 44.0 Å². The largest absolute Gasteiger partial charge is 0.395 e. The molecule has 0 radical (unpaired) electrons. The van der Waals surface area contributed by atoms with Crippen LogP contribution in [0.4, 0.5) is 10.5 Å². The number of nitrogens with one attached hydrogen (secondary N) is 3. The van der Waals surface area contributed by atoms with E-state index in [4.69, 9.17) is 5.11 Å². The molecule has 2 heterocycles. The van der Waals surface area contributed by atoms with Gasteiger partial charge >= 0.3 is 6.03 Å². The molecular formula is C18H16N4O2S. The molecule has 0 unspecified atom stereocenters. The van der Waals surface area contributed by atoms with Gasteiger partial charge in [0.2, 0.25) is 0 Å². The normalized spacial score (nSPS) is 11.1. The van der Waals surface area contributed by atoms with Crippen molar-refractivity contribution in [1.29, 1.82) is 0 Å². The third-order valence-electron chi connectivity index (χ3n) is 3.90. The summed E-state index contributed by atoms with van der Waals surface area (Å²) >= 11 is 1.70. The summed E-state index contributed by atoms with van der Waals surface area (Å²) < 4.78 is 1.21. The van der Waals surface area contributed by atoms with Crippen LogP contribution in [0.1, 0.15) is 0 Å². The number of urea groups is 1. The molecule has 2 amide bonds. The fraction of sp³-hybridized carbons (Fsp3) is 0.111. The first-order valence-corrected chi connectivity index (χ1v) is 8.68. The van der Waals surface area contributed by atoms with Crippen LogP contribution in [0.2, 0.25) is 0 Å². The summed E-state index contributed by atoms with van der Waals surface area (Å²) in [4.78, 5) is 13.0. The molecule has 0 fully saturated rings. The Bertz CT molecular complexity index is 1020. The highest BCUT2D eigenvalue weighted by Crippen LogP contribution is 2.38. The summed E-state index contributed by atoms with van der Waals surface area (Å²) in [6.45, 7) is 0.115. The number of H-pyrrole nitrogens is 1. The van der Waals surface area contributed by atoms with Gasteiger partial charge in [-0.3, -0.25) is 5.10 Å². The number of aromatic nitrogens is 2. The molecule has 0 bridgehead atoms. The Labute approximate surface area is 147 Å². The SMILES string of the molecule is O=C(NCCO)Nc1cc(-c2cc3ccccc3s2)c2[nH]ncc2c1. The lowest BCUT2D eigenvalue weighted by Crippen LogP contribution is -2.30. The van der Waals surface area contributed by atoms with Gasteiger partial charge in [0.15, 0.2) is 0 Å². The van der Waals surface area contributed by atoms with Crippen LogP contribution in [0.15, 0.2) is 48.7 Å². The lowest BCUT2D eigenvalue weighted by atomic mass is 10.1. The van der Waals surface area contributed by atoms with Crippen LogP contribution >= 0.6 is 11.3 Å². The maximum absolute atomic E-state index is 11.9. The first-order chi connectivity index (χ1) is 12.2. The Morgan fingerprint density at radius 3 is 2.92 bits per heavy atom. The number of aliphatic hydroxyl groups is 1. The van der Waals surface area contributed by atoms with E-state index in [0.29, 0.717) is 5.69 Å². The molecule has 0 saturated carbocycles. The summed E-state index contributed by atoms with van der Waals surface area (Å²) in [6, 6.07) is 13.8. The number of carbonyl (C=O) groups is 1. The number of fused-ring (bicyclic) bond motifs is 2. The standard InChI is InChI=1S/C18H16N4O2S/c23-6-5-19-18(24)21-13-7-12-10-20-22-17(12)14(9-13)16-8-11-3-1-2-4-15(11)25-16/h1-4,7-10,23H,5-6H2,(H,20,22)(H2,19,21,24). The van der Waals surface area contributed by atoms with Gasteiger partial charge in [0.25, 0.3) is 0 Å². The molecular weight excluding hydrogens is 336 g/mol. The Morgan fingerprint density at radius 1 is 1.20 bits per heavy atom. The zero-order valence-electron chi connectivity index (χ0n) is 13.2. The minimum Gasteiger partial charge on any atom is -0.395 e. The van der Waals surface area contributed by atoms with Crippen LogP contribution in [0.3, 0.4) is 0 Å². The van der Waals surface area contributed by atoms with Gasteiger partial charge in [-0.1, -0.05) is 18.2 Å². The van der Waals surface area contributed by atoms with E-state index in [9.17, 15) is 4.79 Å². The maximum atomic E-state index is 11.9. The van der Waals surface area contributed by atoms with Crippen LogP contribution in [0.25, 0.3) is 31.4 Å². The van der Waals surface area contributed by atoms with Crippen LogP contribution in [0.5, 0.6) is 0 Å². The fourth-order valence-electron chi connectivity index (χ4n) is 2.78. The topological polar surface area (TPSA) is 90.0 Å². The van der Waals surface area contributed by atoms with Gasteiger partial charge in [-0.15, -0.1) is 11.3 Å². The van der Waals surface area contributed by atoms with Gasteiger partial charge in [-0.05, 0) is 29.7 Å². The molecule has 4 rings (SSSR count). The van der Waals surface area contributed by atoms with E-state index in [1.165, 1.54) is 10.1 Å². The zero-order valence-corrected chi connectivity index (χ0v) is 14.1. The average Bonchev–Trinajstić information content (AvgIpc) is 3.25. The van der Waals surface area contributed by atoms with Crippen LogP contribution in [-0.4, -0.2) is 34.5 Å². The van der Waals surface area contributed by atoms with Gasteiger partial charge in [-0.25, -0.2) is 4.79 Å². The summed E-state index contributed by atoms with van der Waals surface area (Å²) in [5.41, 5.74) is 2.61. The number of rotatable bonds is 4. The van der Waals surface area contributed by atoms with Gasteiger partial charge in [-0.2, -0.15) is 5.10 Å². The minimum atomic E-state index is -0.348. The van der Waals surface area contributed by atoms with Crippen molar-refractivity contribution in [3.8, 4) is 10.4 Å². The van der Waals surface area contributed by atoms with Crippen molar-refractivity contribution in [3.05, 3.63) is 48.7 Å². The number of amides is 2. The molecule has 2 aromatic heterocycles. The summed E-state index contributed by atoms with van der Waals surface area (Å²) in [6.07, 6.45) is 1.74. The zero-order chi connectivity index (χ0) is 17.2. The number of aliphatic hydroxyl groups excluding tert-OH is 1.